The first-order valence-electron chi connectivity index (χ1n) is 8.79. The zero-order valence-corrected chi connectivity index (χ0v) is 15.3. The smallest absolute Gasteiger partial charge is 0.241 e. The molecule has 0 saturated heterocycles. The largest absolute Gasteiger partial charge is 0.471 e. The molecule has 27 heavy (non-hydrogen) atoms. The van der Waals surface area contributed by atoms with Crippen LogP contribution in [0, 0.1) is 6.92 Å². The molecule has 3 heterocycles. The molecule has 134 valence electrons. The van der Waals surface area contributed by atoms with Crippen molar-refractivity contribution in [3.05, 3.63) is 84.4 Å². The van der Waals surface area contributed by atoms with E-state index in [0.29, 0.717) is 12.5 Å². The Kier molecular flexibility index (Phi) is 4.66. The maximum Gasteiger partial charge on any atom is 0.241 e. The van der Waals surface area contributed by atoms with Crippen LogP contribution in [0.3, 0.4) is 0 Å². The summed E-state index contributed by atoms with van der Waals surface area (Å²) in [6, 6.07) is 18.2. The summed E-state index contributed by atoms with van der Waals surface area (Å²) >= 11 is 0. The molecule has 4 aromatic rings. The summed E-state index contributed by atoms with van der Waals surface area (Å²) in [4.78, 5) is 8.63. The van der Waals surface area contributed by atoms with Crippen LogP contribution in [0.15, 0.2) is 73.2 Å². The van der Waals surface area contributed by atoms with Gasteiger partial charge in [0.15, 0.2) is 0 Å². The van der Waals surface area contributed by atoms with Gasteiger partial charge < -0.3 is 4.74 Å². The van der Waals surface area contributed by atoms with Crippen molar-refractivity contribution in [2.24, 2.45) is 7.05 Å². The van der Waals surface area contributed by atoms with Gasteiger partial charge in [-0.1, -0.05) is 30.3 Å². The summed E-state index contributed by atoms with van der Waals surface area (Å²) in [5.74, 6) is 0.619. The second-order valence-corrected chi connectivity index (χ2v) is 6.41. The van der Waals surface area contributed by atoms with E-state index in [1.54, 1.807) is 17.1 Å². The number of nitrogens with zero attached hydrogens (tertiary/aromatic N) is 4. The molecule has 0 spiro atoms. The van der Waals surface area contributed by atoms with Crippen molar-refractivity contribution in [2.45, 2.75) is 13.5 Å². The van der Waals surface area contributed by atoms with Gasteiger partial charge in [0.1, 0.15) is 6.61 Å². The standard InChI is InChI=1S/C22H20N4O/c1-16-4-3-5-21(24-16)19-8-6-17(7-9-19)15-27-22-20(14-26(2)25-22)18-10-12-23-13-11-18/h3-14H,15H2,1-2H3. The van der Waals surface area contributed by atoms with Crippen LogP contribution < -0.4 is 4.74 Å². The molecule has 0 N–H and O–H groups in total. The van der Waals surface area contributed by atoms with Crippen molar-refractivity contribution >= 4 is 0 Å². The van der Waals surface area contributed by atoms with Crippen LogP contribution in [0.4, 0.5) is 0 Å². The van der Waals surface area contributed by atoms with Crippen molar-refractivity contribution in [2.75, 3.05) is 0 Å². The molecule has 0 aliphatic carbocycles. The number of pyridine rings is 2. The number of rotatable bonds is 5. The molecule has 0 amide bonds. The number of aromatic nitrogens is 4. The van der Waals surface area contributed by atoms with Crippen LogP contribution in [0.1, 0.15) is 11.3 Å². The topological polar surface area (TPSA) is 52.8 Å². The normalized spacial score (nSPS) is 10.7. The lowest BCUT2D eigenvalue weighted by molar-refractivity contribution is 0.292. The number of ether oxygens (including phenoxy) is 1. The molecule has 0 fully saturated rings. The summed E-state index contributed by atoms with van der Waals surface area (Å²) < 4.78 is 7.76. The third-order valence-corrected chi connectivity index (χ3v) is 4.30. The van der Waals surface area contributed by atoms with Gasteiger partial charge >= 0.3 is 0 Å². The highest BCUT2D eigenvalue weighted by atomic mass is 16.5. The highest BCUT2D eigenvalue weighted by Gasteiger charge is 2.11. The molecule has 0 radical (unpaired) electrons. The minimum atomic E-state index is 0.455. The molecule has 0 aliphatic rings. The quantitative estimate of drug-likeness (QED) is 0.531. The average molecular weight is 356 g/mol. The van der Waals surface area contributed by atoms with E-state index in [2.05, 4.69) is 39.3 Å². The molecular formula is C22H20N4O. The average Bonchev–Trinajstić information content (AvgIpc) is 3.08. The van der Waals surface area contributed by atoms with Crippen LogP contribution in [-0.4, -0.2) is 19.7 Å². The molecule has 5 heteroatoms. The maximum absolute atomic E-state index is 6.00. The van der Waals surface area contributed by atoms with E-state index in [9.17, 15) is 0 Å². The number of aryl methyl sites for hydroxylation is 2. The van der Waals surface area contributed by atoms with E-state index in [-0.39, 0.29) is 0 Å². The summed E-state index contributed by atoms with van der Waals surface area (Å²) in [6.45, 7) is 2.45. The second-order valence-electron chi connectivity index (χ2n) is 6.41. The molecule has 5 nitrogen and oxygen atoms in total. The lowest BCUT2D eigenvalue weighted by Crippen LogP contribution is -1.98. The first kappa shape index (κ1) is 17.0. The Morgan fingerprint density at radius 2 is 1.70 bits per heavy atom. The van der Waals surface area contributed by atoms with Gasteiger partial charge in [-0.05, 0) is 42.3 Å². The summed E-state index contributed by atoms with van der Waals surface area (Å²) in [5.41, 5.74) is 6.16. The molecule has 0 saturated carbocycles. The van der Waals surface area contributed by atoms with Gasteiger partial charge in [0, 0.05) is 36.9 Å². The van der Waals surface area contributed by atoms with Gasteiger partial charge in [0.2, 0.25) is 5.88 Å². The number of benzene rings is 1. The van der Waals surface area contributed by atoms with E-state index in [0.717, 1.165) is 33.6 Å². The predicted molar refractivity (Wildman–Crippen MR) is 105 cm³/mol. The maximum atomic E-state index is 6.00. The van der Waals surface area contributed by atoms with Crippen molar-refractivity contribution in [3.63, 3.8) is 0 Å². The molecule has 0 unspecified atom stereocenters. The van der Waals surface area contributed by atoms with Crippen LogP contribution >= 0.6 is 0 Å². The lowest BCUT2D eigenvalue weighted by Gasteiger charge is -2.07. The fraction of sp³-hybridized carbons (Fsp3) is 0.136. The molecule has 0 aliphatic heterocycles. The van der Waals surface area contributed by atoms with Crippen LogP contribution in [-0.2, 0) is 13.7 Å². The van der Waals surface area contributed by atoms with Gasteiger partial charge in [-0.2, -0.15) is 0 Å². The minimum Gasteiger partial charge on any atom is -0.471 e. The zero-order valence-electron chi connectivity index (χ0n) is 15.3. The predicted octanol–water partition coefficient (Wildman–Crippen LogP) is 4.43. The van der Waals surface area contributed by atoms with Crippen molar-refractivity contribution in [3.8, 4) is 28.3 Å². The van der Waals surface area contributed by atoms with E-state index in [1.807, 2.05) is 50.5 Å². The molecule has 0 atom stereocenters. The van der Waals surface area contributed by atoms with Gasteiger partial charge in [-0.15, -0.1) is 5.10 Å². The second kappa shape index (κ2) is 7.41. The number of hydrogen-bond acceptors (Lipinski definition) is 4. The Hall–Kier alpha value is -3.47. The molecule has 4 rings (SSSR count). The van der Waals surface area contributed by atoms with Crippen LogP contribution in [0.25, 0.3) is 22.4 Å². The van der Waals surface area contributed by atoms with E-state index < -0.39 is 0 Å². The fourth-order valence-electron chi connectivity index (χ4n) is 2.93. The third-order valence-electron chi connectivity index (χ3n) is 4.30. The molecule has 1 aromatic carbocycles. The van der Waals surface area contributed by atoms with Crippen LogP contribution in [0.5, 0.6) is 5.88 Å². The zero-order chi connectivity index (χ0) is 18.6. The van der Waals surface area contributed by atoms with E-state index in [4.69, 9.17) is 4.74 Å². The highest BCUT2D eigenvalue weighted by Crippen LogP contribution is 2.28. The first-order chi connectivity index (χ1) is 13.2. The SMILES string of the molecule is Cc1cccc(-c2ccc(COc3nn(C)cc3-c3ccncc3)cc2)n1. The van der Waals surface area contributed by atoms with E-state index in [1.165, 1.54) is 0 Å². The van der Waals surface area contributed by atoms with Gasteiger partial charge in [0.05, 0.1) is 11.3 Å². The van der Waals surface area contributed by atoms with Gasteiger partial charge in [-0.25, -0.2) is 0 Å². The van der Waals surface area contributed by atoms with Crippen LogP contribution in [0.2, 0.25) is 0 Å². The summed E-state index contributed by atoms with van der Waals surface area (Å²) in [6.07, 6.45) is 5.49. The Morgan fingerprint density at radius 1 is 0.926 bits per heavy atom. The van der Waals surface area contributed by atoms with Gasteiger partial charge in [-0.3, -0.25) is 14.6 Å². The Labute approximate surface area is 158 Å². The minimum absolute atomic E-state index is 0.455. The lowest BCUT2D eigenvalue weighted by atomic mass is 10.1. The Morgan fingerprint density at radius 3 is 2.44 bits per heavy atom. The van der Waals surface area contributed by atoms with Crippen molar-refractivity contribution < 1.29 is 4.74 Å². The monoisotopic (exact) mass is 356 g/mol. The third kappa shape index (κ3) is 3.87. The number of hydrogen-bond donors (Lipinski definition) is 0. The molecule has 3 aromatic heterocycles. The van der Waals surface area contributed by atoms with Crippen molar-refractivity contribution in [1.29, 1.82) is 0 Å². The Balaban J connectivity index is 1.50. The first-order valence-corrected chi connectivity index (χ1v) is 8.79. The summed E-state index contributed by atoms with van der Waals surface area (Å²) in [5, 5.41) is 4.44. The van der Waals surface area contributed by atoms with Gasteiger partial charge in [0.25, 0.3) is 0 Å². The summed E-state index contributed by atoms with van der Waals surface area (Å²) in [7, 11) is 1.89. The van der Waals surface area contributed by atoms with Crippen molar-refractivity contribution in [1.82, 2.24) is 19.7 Å². The fourth-order valence-corrected chi connectivity index (χ4v) is 2.93. The molecule has 0 bridgehead atoms. The molecular weight excluding hydrogens is 336 g/mol. The highest BCUT2D eigenvalue weighted by molar-refractivity contribution is 5.67. The van der Waals surface area contributed by atoms with E-state index >= 15 is 0 Å². The Bertz CT molecular complexity index is 1040.